The number of likely N-dealkylation sites (tertiary alicyclic amines) is 1. The van der Waals surface area contributed by atoms with E-state index in [1.54, 1.807) is 0 Å². The molecule has 7 nitrogen and oxygen atoms in total. The van der Waals surface area contributed by atoms with Crippen molar-refractivity contribution in [3.05, 3.63) is 0 Å². The first-order valence-electron chi connectivity index (χ1n) is 6.24. The number of carboxylic acid groups (broad SMARTS) is 1. The predicted molar refractivity (Wildman–Crippen MR) is 65.3 cm³/mol. The molecular formula is C11H21N3O4. The summed E-state index contributed by atoms with van der Waals surface area (Å²) in [7, 11) is 0. The number of carbonyl (C=O) groups is 2. The Labute approximate surface area is 106 Å². The van der Waals surface area contributed by atoms with E-state index in [4.69, 9.17) is 10.2 Å². The molecule has 7 heteroatoms. The third-order valence-electron chi connectivity index (χ3n) is 2.92. The van der Waals surface area contributed by atoms with Gasteiger partial charge >= 0.3 is 12.0 Å². The standard InChI is InChI=1S/C11H21N3O4/c15-8-9(10(16)17)13-11(18)12-4-3-7-14-5-1-2-6-14/h9,15H,1-8H2,(H,16,17)(H2,12,13,18)/t9-/m1/s1. The Morgan fingerprint density at radius 1 is 1.28 bits per heavy atom. The summed E-state index contributed by atoms with van der Waals surface area (Å²) < 4.78 is 0. The van der Waals surface area contributed by atoms with E-state index < -0.39 is 24.6 Å². The molecule has 0 saturated carbocycles. The van der Waals surface area contributed by atoms with E-state index in [2.05, 4.69) is 15.5 Å². The molecule has 0 aromatic heterocycles. The molecule has 1 heterocycles. The molecule has 0 radical (unpaired) electrons. The fraction of sp³-hybridized carbons (Fsp3) is 0.818. The quantitative estimate of drug-likeness (QED) is 0.449. The molecule has 1 aliphatic heterocycles. The minimum absolute atomic E-state index is 0.500. The first kappa shape index (κ1) is 14.7. The molecule has 1 rings (SSSR count). The highest BCUT2D eigenvalue weighted by atomic mass is 16.4. The number of hydrogen-bond acceptors (Lipinski definition) is 4. The molecule has 0 unspecified atom stereocenters. The van der Waals surface area contributed by atoms with E-state index in [1.165, 1.54) is 12.8 Å². The lowest BCUT2D eigenvalue weighted by Crippen LogP contribution is -2.48. The number of aliphatic hydroxyl groups excluding tert-OH is 1. The van der Waals surface area contributed by atoms with Crippen LogP contribution in [0.5, 0.6) is 0 Å². The van der Waals surface area contributed by atoms with Crippen LogP contribution in [0.4, 0.5) is 4.79 Å². The molecule has 0 bridgehead atoms. The fourth-order valence-corrected chi connectivity index (χ4v) is 1.91. The molecule has 2 amide bonds. The lowest BCUT2D eigenvalue weighted by Gasteiger charge is -2.15. The smallest absolute Gasteiger partial charge is 0.328 e. The van der Waals surface area contributed by atoms with Gasteiger partial charge in [0.25, 0.3) is 0 Å². The van der Waals surface area contributed by atoms with Gasteiger partial charge in [-0.3, -0.25) is 0 Å². The van der Waals surface area contributed by atoms with Crippen molar-refractivity contribution in [2.75, 3.05) is 32.8 Å². The minimum atomic E-state index is -1.25. The van der Waals surface area contributed by atoms with E-state index in [-0.39, 0.29) is 0 Å². The summed E-state index contributed by atoms with van der Waals surface area (Å²) in [4.78, 5) is 24.2. The topological polar surface area (TPSA) is 102 Å². The van der Waals surface area contributed by atoms with Crippen LogP contribution >= 0.6 is 0 Å². The molecule has 0 aromatic rings. The third kappa shape index (κ3) is 5.33. The van der Waals surface area contributed by atoms with Crippen LogP contribution in [0.25, 0.3) is 0 Å². The van der Waals surface area contributed by atoms with Crippen LogP contribution in [0, 0.1) is 0 Å². The van der Waals surface area contributed by atoms with Gasteiger partial charge in [0.2, 0.25) is 0 Å². The number of rotatable bonds is 7. The van der Waals surface area contributed by atoms with E-state index in [0.717, 1.165) is 26.1 Å². The number of urea groups is 1. The molecule has 1 aliphatic rings. The zero-order valence-electron chi connectivity index (χ0n) is 10.4. The molecule has 0 spiro atoms. The Morgan fingerprint density at radius 3 is 2.50 bits per heavy atom. The van der Waals surface area contributed by atoms with Crippen molar-refractivity contribution < 1.29 is 19.8 Å². The van der Waals surface area contributed by atoms with Gasteiger partial charge in [-0.2, -0.15) is 0 Å². The van der Waals surface area contributed by atoms with E-state index in [0.29, 0.717) is 6.54 Å². The van der Waals surface area contributed by atoms with Gasteiger partial charge in [0, 0.05) is 6.54 Å². The summed E-state index contributed by atoms with van der Waals surface area (Å²) in [6.45, 7) is 3.08. The summed E-state index contributed by atoms with van der Waals surface area (Å²) in [5, 5.41) is 22.1. The Hall–Kier alpha value is -1.34. The second-order valence-electron chi connectivity index (χ2n) is 4.38. The molecule has 18 heavy (non-hydrogen) atoms. The molecule has 0 aliphatic carbocycles. The second-order valence-corrected chi connectivity index (χ2v) is 4.38. The monoisotopic (exact) mass is 259 g/mol. The number of nitrogens with one attached hydrogen (secondary N) is 2. The number of carboxylic acids is 1. The van der Waals surface area contributed by atoms with Crippen LogP contribution in [0.2, 0.25) is 0 Å². The van der Waals surface area contributed by atoms with Crippen molar-refractivity contribution in [2.45, 2.75) is 25.3 Å². The number of nitrogens with zero attached hydrogens (tertiary/aromatic N) is 1. The van der Waals surface area contributed by atoms with Crippen LogP contribution in [-0.4, -0.2) is 65.9 Å². The number of aliphatic hydroxyl groups is 1. The van der Waals surface area contributed by atoms with Crippen molar-refractivity contribution in [3.63, 3.8) is 0 Å². The first-order valence-corrected chi connectivity index (χ1v) is 6.24. The molecule has 1 saturated heterocycles. The summed E-state index contributed by atoms with van der Waals surface area (Å²) in [5.41, 5.74) is 0. The predicted octanol–water partition coefficient (Wildman–Crippen LogP) is -0.783. The first-order chi connectivity index (χ1) is 8.63. The maximum atomic E-state index is 11.3. The summed E-state index contributed by atoms with van der Waals surface area (Å²) >= 11 is 0. The molecule has 1 fully saturated rings. The van der Waals surface area contributed by atoms with Crippen molar-refractivity contribution >= 4 is 12.0 Å². The van der Waals surface area contributed by atoms with Crippen molar-refractivity contribution in [1.29, 1.82) is 0 Å². The van der Waals surface area contributed by atoms with Crippen LogP contribution in [0.3, 0.4) is 0 Å². The Kier molecular flexibility index (Phi) is 6.45. The Balaban J connectivity index is 2.07. The maximum absolute atomic E-state index is 11.3. The highest BCUT2D eigenvalue weighted by molar-refractivity contribution is 5.82. The van der Waals surface area contributed by atoms with Gasteiger partial charge in [-0.1, -0.05) is 0 Å². The Morgan fingerprint density at radius 2 is 1.94 bits per heavy atom. The van der Waals surface area contributed by atoms with Crippen LogP contribution in [0.15, 0.2) is 0 Å². The molecule has 0 aromatic carbocycles. The number of carbonyl (C=O) groups excluding carboxylic acids is 1. The molecular weight excluding hydrogens is 238 g/mol. The van der Waals surface area contributed by atoms with Crippen LogP contribution in [0.1, 0.15) is 19.3 Å². The summed E-state index contributed by atoms with van der Waals surface area (Å²) in [6.07, 6.45) is 3.32. The highest BCUT2D eigenvalue weighted by Gasteiger charge is 2.18. The highest BCUT2D eigenvalue weighted by Crippen LogP contribution is 2.06. The van der Waals surface area contributed by atoms with Crippen molar-refractivity contribution in [1.82, 2.24) is 15.5 Å². The van der Waals surface area contributed by atoms with Gasteiger partial charge in [0.1, 0.15) is 0 Å². The maximum Gasteiger partial charge on any atom is 0.328 e. The van der Waals surface area contributed by atoms with Crippen molar-refractivity contribution in [2.24, 2.45) is 0 Å². The van der Waals surface area contributed by atoms with E-state index in [1.807, 2.05) is 0 Å². The SMILES string of the molecule is O=C(NCCCN1CCCC1)N[C@H](CO)C(=O)O. The normalized spacial score (nSPS) is 17.4. The van der Waals surface area contributed by atoms with Crippen molar-refractivity contribution in [3.8, 4) is 0 Å². The lowest BCUT2D eigenvalue weighted by atomic mass is 10.3. The zero-order chi connectivity index (χ0) is 13.4. The van der Waals surface area contributed by atoms with Crippen LogP contribution < -0.4 is 10.6 Å². The largest absolute Gasteiger partial charge is 0.480 e. The third-order valence-corrected chi connectivity index (χ3v) is 2.92. The van der Waals surface area contributed by atoms with Gasteiger partial charge in [0.15, 0.2) is 6.04 Å². The number of aliphatic carboxylic acids is 1. The van der Waals surface area contributed by atoms with E-state index in [9.17, 15) is 9.59 Å². The fourth-order valence-electron chi connectivity index (χ4n) is 1.91. The average Bonchev–Trinajstić information content (AvgIpc) is 2.84. The molecule has 1 atom stereocenters. The van der Waals surface area contributed by atoms with E-state index >= 15 is 0 Å². The van der Waals surface area contributed by atoms with Gasteiger partial charge < -0.3 is 25.7 Å². The van der Waals surface area contributed by atoms with Crippen LogP contribution in [-0.2, 0) is 4.79 Å². The number of amides is 2. The van der Waals surface area contributed by atoms with Gasteiger partial charge in [-0.15, -0.1) is 0 Å². The second kappa shape index (κ2) is 7.88. The minimum Gasteiger partial charge on any atom is -0.480 e. The average molecular weight is 259 g/mol. The van der Waals surface area contributed by atoms with Gasteiger partial charge in [-0.05, 0) is 38.9 Å². The van der Waals surface area contributed by atoms with Gasteiger partial charge in [0.05, 0.1) is 6.61 Å². The number of hydrogen-bond donors (Lipinski definition) is 4. The lowest BCUT2D eigenvalue weighted by molar-refractivity contribution is -0.140. The Bertz CT molecular complexity index is 279. The van der Waals surface area contributed by atoms with Gasteiger partial charge in [-0.25, -0.2) is 9.59 Å². The summed E-state index contributed by atoms with van der Waals surface area (Å²) in [6, 6.07) is -1.80. The summed E-state index contributed by atoms with van der Waals surface area (Å²) in [5.74, 6) is -1.25. The zero-order valence-corrected chi connectivity index (χ0v) is 10.4. The molecule has 104 valence electrons. The molecule has 4 N–H and O–H groups in total.